The minimum absolute atomic E-state index is 0. The summed E-state index contributed by atoms with van der Waals surface area (Å²) in [6, 6.07) is 21.1. The van der Waals surface area contributed by atoms with Crippen molar-refractivity contribution in [3.63, 3.8) is 0 Å². The SMILES string of the molecule is C(#CC[NH+]1CCCCCC1)C=C(c1ccccc1)c1ccccc1.[Cl-]. The highest BCUT2D eigenvalue weighted by Gasteiger charge is 2.09. The van der Waals surface area contributed by atoms with E-state index in [2.05, 4.69) is 78.6 Å². The van der Waals surface area contributed by atoms with Crippen molar-refractivity contribution < 1.29 is 17.3 Å². The highest BCUT2D eigenvalue weighted by Crippen LogP contribution is 2.22. The van der Waals surface area contributed by atoms with Gasteiger partial charge in [0.2, 0.25) is 0 Å². The number of allylic oxidation sites excluding steroid dienone is 1. The van der Waals surface area contributed by atoms with Crippen molar-refractivity contribution in [1.29, 1.82) is 0 Å². The summed E-state index contributed by atoms with van der Waals surface area (Å²) in [5.74, 6) is 6.71. The Morgan fingerprint density at radius 3 is 1.84 bits per heavy atom. The Balaban J connectivity index is 0.00000225. The van der Waals surface area contributed by atoms with Gasteiger partial charge in [-0.05, 0) is 54.4 Å². The second-order valence-electron chi connectivity index (χ2n) is 6.45. The van der Waals surface area contributed by atoms with Crippen LogP contribution in [0.5, 0.6) is 0 Å². The molecule has 0 bridgehead atoms. The van der Waals surface area contributed by atoms with Crippen LogP contribution in [0, 0.1) is 11.8 Å². The molecule has 2 aromatic rings. The Morgan fingerprint density at radius 1 is 0.800 bits per heavy atom. The summed E-state index contributed by atoms with van der Waals surface area (Å²) in [5, 5.41) is 0. The van der Waals surface area contributed by atoms with Gasteiger partial charge in [-0.25, -0.2) is 0 Å². The average Bonchev–Trinajstić information content (AvgIpc) is 2.92. The van der Waals surface area contributed by atoms with E-state index >= 15 is 0 Å². The molecule has 1 aliphatic rings. The summed E-state index contributed by atoms with van der Waals surface area (Å²) < 4.78 is 0. The zero-order valence-electron chi connectivity index (χ0n) is 14.7. The van der Waals surface area contributed by atoms with Crippen LogP contribution in [-0.2, 0) is 0 Å². The molecule has 1 N–H and O–H groups in total. The van der Waals surface area contributed by atoms with Crippen LogP contribution in [0.15, 0.2) is 66.7 Å². The average molecular weight is 352 g/mol. The fraction of sp³-hybridized carbons (Fsp3) is 0.304. The van der Waals surface area contributed by atoms with Crippen LogP contribution in [0.2, 0.25) is 0 Å². The Bertz CT molecular complexity index is 661. The van der Waals surface area contributed by atoms with Gasteiger partial charge in [-0.15, -0.1) is 0 Å². The molecule has 0 spiro atoms. The molecule has 0 unspecified atom stereocenters. The Kier molecular flexibility index (Phi) is 8.32. The lowest BCUT2D eigenvalue weighted by Gasteiger charge is -2.12. The Labute approximate surface area is 158 Å². The number of hydrogen-bond donors (Lipinski definition) is 1. The molecule has 0 aromatic heterocycles. The van der Waals surface area contributed by atoms with E-state index in [9.17, 15) is 0 Å². The molecule has 25 heavy (non-hydrogen) atoms. The lowest BCUT2D eigenvalue weighted by atomic mass is 9.98. The maximum absolute atomic E-state index is 3.39. The van der Waals surface area contributed by atoms with Crippen LogP contribution in [0.25, 0.3) is 5.57 Å². The highest BCUT2D eigenvalue weighted by molar-refractivity contribution is 5.81. The largest absolute Gasteiger partial charge is 1.00 e. The predicted molar refractivity (Wildman–Crippen MR) is 102 cm³/mol. The van der Waals surface area contributed by atoms with Crippen molar-refractivity contribution in [2.45, 2.75) is 25.7 Å². The third kappa shape index (κ3) is 6.09. The minimum Gasteiger partial charge on any atom is -1.00 e. The van der Waals surface area contributed by atoms with Crippen LogP contribution in [0.4, 0.5) is 0 Å². The Hall–Kier alpha value is -2.01. The van der Waals surface area contributed by atoms with E-state index < -0.39 is 0 Å². The summed E-state index contributed by atoms with van der Waals surface area (Å²) in [5.41, 5.74) is 3.65. The number of halogens is 1. The van der Waals surface area contributed by atoms with Gasteiger partial charge in [0, 0.05) is 0 Å². The molecule has 0 radical (unpaired) electrons. The van der Waals surface area contributed by atoms with Gasteiger partial charge in [0.05, 0.1) is 13.1 Å². The summed E-state index contributed by atoms with van der Waals surface area (Å²) in [6.45, 7) is 3.53. The smallest absolute Gasteiger partial charge is 0.139 e. The van der Waals surface area contributed by atoms with Gasteiger partial charge >= 0.3 is 0 Å². The third-order valence-electron chi connectivity index (χ3n) is 4.64. The molecule has 1 heterocycles. The summed E-state index contributed by atoms with van der Waals surface area (Å²) in [4.78, 5) is 1.65. The number of hydrogen-bond acceptors (Lipinski definition) is 0. The molecule has 130 valence electrons. The lowest BCUT2D eigenvalue weighted by molar-refractivity contribution is -0.891. The van der Waals surface area contributed by atoms with Gasteiger partial charge in [-0.3, -0.25) is 0 Å². The van der Waals surface area contributed by atoms with Crippen LogP contribution >= 0.6 is 0 Å². The zero-order valence-corrected chi connectivity index (χ0v) is 15.4. The molecule has 2 aromatic carbocycles. The molecule has 1 nitrogen and oxygen atoms in total. The van der Waals surface area contributed by atoms with Gasteiger partial charge in [-0.2, -0.15) is 0 Å². The monoisotopic (exact) mass is 351 g/mol. The lowest BCUT2D eigenvalue weighted by Crippen LogP contribution is -3.11. The maximum atomic E-state index is 3.39. The standard InChI is InChI=1S/C23H25N.ClH/c1-2-11-19-24(18-10-1)20-12-9-17-23(21-13-5-3-6-14-21)22-15-7-4-8-16-22;/h3-8,13-17H,1-2,10-11,18-20H2;1H. The quantitative estimate of drug-likeness (QED) is 0.772. The van der Waals surface area contributed by atoms with E-state index in [0.29, 0.717) is 0 Å². The van der Waals surface area contributed by atoms with Gasteiger partial charge < -0.3 is 17.3 Å². The molecule has 0 atom stereocenters. The molecule has 0 aliphatic carbocycles. The first-order valence-electron chi connectivity index (χ1n) is 9.06. The van der Waals surface area contributed by atoms with Gasteiger partial charge in [0.15, 0.2) is 0 Å². The van der Waals surface area contributed by atoms with E-state index in [1.807, 2.05) is 0 Å². The fourth-order valence-corrected chi connectivity index (χ4v) is 3.27. The fourth-order valence-electron chi connectivity index (χ4n) is 3.27. The van der Waals surface area contributed by atoms with E-state index in [1.54, 1.807) is 4.90 Å². The minimum atomic E-state index is 0. The van der Waals surface area contributed by atoms with E-state index in [1.165, 1.54) is 55.5 Å². The molecule has 0 amide bonds. The molecule has 1 fully saturated rings. The molecule has 1 saturated heterocycles. The van der Waals surface area contributed by atoms with Crippen molar-refractivity contribution in [2.24, 2.45) is 0 Å². The normalized spacial score (nSPS) is 14.4. The topological polar surface area (TPSA) is 4.44 Å². The summed E-state index contributed by atoms with van der Waals surface area (Å²) in [7, 11) is 0. The molecule has 0 saturated carbocycles. The van der Waals surface area contributed by atoms with Crippen LogP contribution in [-0.4, -0.2) is 19.6 Å². The predicted octanol–water partition coefficient (Wildman–Crippen LogP) is 0.585. The van der Waals surface area contributed by atoms with Crippen LogP contribution in [0.3, 0.4) is 0 Å². The first-order valence-corrected chi connectivity index (χ1v) is 9.06. The van der Waals surface area contributed by atoms with Crippen LogP contribution in [0.1, 0.15) is 36.8 Å². The second-order valence-corrected chi connectivity index (χ2v) is 6.45. The Morgan fingerprint density at radius 2 is 1.32 bits per heavy atom. The highest BCUT2D eigenvalue weighted by atomic mass is 35.5. The number of rotatable bonds is 3. The van der Waals surface area contributed by atoms with Gasteiger partial charge in [0.1, 0.15) is 6.54 Å². The van der Waals surface area contributed by atoms with Crippen molar-refractivity contribution in [3.05, 3.63) is 77.9 Å². The van der Waals surface area contributed by atoms with E-state index in [-0.39, 0.29) is 12.4 Å². The number of quaternary nitrogens is 1. The number of benzene rings is 2. The number of nitrogens with one attached hydrogen (secondary N) is 1. The van der Waals surface area contributed by atoms with Crippen molar-refractivity contribution in [1.82, 2.24) is 0 Å². The first kappa shape index (κ1) is 19.3. The van der Waals surface area contributed by atoms with Crippen LogP contribution < -0.4 is 17.3 Å². The molecule has 3 rings (SSSR count). The van der Waals surface area contributed by atoms with Crippen molar-refractivity contribution >= 4 is 5.57 Å². The zero-order chi connectivity index (χ0) is 16.5. The third-order valence-corrected chi connectivity index (χ3v) is 4.64. The van der Waals surface area contributed by atoms with Gasteiger partial charge in [0.25, 0.3) is 0 Å². The first-order chi connectivity index (χ1) is 11.9. The summed E-state index contributed by atoms with van der Waals surface area (Å²) >= 11 is 0. The molecular formula is C23H26ClN. The van der Waals surface area contributed by atoms with Gasteiger partial charge in [-0.1, -0.05) is 66.6 Å². The van der Waals surface area contributed by atoms with Crippen molar-refractivity contribution in [2.75, 3.05) is 19.6 Å². The van der Waals surface area contributed by atoms with E-state index in [0.717, 1.165) is 6.54 Å². The molecule has 1 aliphatic heterocycles. The number of likely N-dealkylation sites (tertiary alicyclic amines) is 1. The maximum Gasteiger partial charge on any atom is 0.139 e. The van der Waals surface area contributed by atoms with E-state index in [4.69, 9.17) is 0 Å². The van der Waals surface area contributed by atoms with Crippen molar-refractivity contribution in [3.8, 4) is 11.8 Å². The second kappa shape index (κ2) is 10.8. The summed E-state index contributed by atoms with van der Waals surface area (Å²) in [6.07, 6.45) is 7.58. The molecular weight excluding hydrogens is 326 g/mol. The molecule has 2 heteroatoms.